The molecule has 0 aromatic carbocycles. The fourth-order valence-corrected chi connectivity index (χ4v) is 1.21. The van der Waals surface area contributed by atoms with E-state index in [1.807, 2.05) is 6.92 Å². The van der Waals surface area contributed by atoms with Crippen molar-refractivity contribution in [2.24, 2.45) is 0 Å². The molecule has 14 heavy (non-hydrogen) atoms. The Balaban J connectivity index is 2.68. The molecule has 1 aromatic heterocycles. The highest BCUT2D eigenvalue weighted by Gasteiger charge is 2.03. The highest BCUT2D eigenvalue weighted by atomic mass is 79.9. The Kier molecular flexibility index (Phi) is 4.16. The second-order valence-electron chi connectivity index (χ2n) is 2.48. The number of amides is 2. The highest BCUT2D eigenvalue weighted by Crippen LogP contribution is 2.22. The van der Waals surface area contributed by atoms with Crippen molar-refractivity contribution >= 4 is 39.2 Å². The lowest BCUT2D eigenvalue weighted by atomic mass is 10.4. The average molecular weight is 279 g/mol. The molecule has 0 aliphatic heterocycles. The van der Waals surface area contributed by atoms with E-state index < -0.39 is 0 Å². The number of carbonyl (C=O) groups is 1. The number of pyridine rings is 1. The zero-order chi connectivity index (χ0) is 10.6. The Labute approximate surface area is 95.2 Å². The predicted octanol–water partition coefficient (Wildman–Crippen LogP) is 2.64. The van der Waals surface area contributed by atoms with Gasteiger partial charge in [-0.1, -0.05) is 11.6 Å². The maximum atomic E-state index is 11.1. The average Bonchev–Trinajstić information content (AvgIpc) is 2.12. The molecule has 0 bridgehead atoms. The Morgan fingerprint density at radius 2 is 2.43 bits per heavy atom. The van der Waals surface area contributed by atoms with Crippen LogP contribution < -0.4 is 10.6 Å². The third-order valence-electron chi connectivity index (χ3n) is 1.39. The van der Waals surface area contributed by atoms with Crippen LogP contribution in [0.3, 0.4) is 0 Å². The number of hydrogen-bond acceptors (Lipinski definition) is 2. The van der Waals surface area contributed by atoms with Crippen LogP contribution in [0.25, 0.3) is 0 Å². The van der Waals surface area contributed by atoms with Gasteiger partial charge in [-0.15, -0.1) is 0 Å². The molecule has 0 unspecified atom stereocenters. The first-order valence-corrected chi connectivity index (χ1v) is 5.16. The fourth-order valence-electron chi connectivity index (χ4n) is 0.825. The summed E-state index contributed by atoms with van der Waals surface area (Å²) < 4.78 is 0.556. The number of anilines is 1. The maximum absolute atomic E-state index is 11.1. The van der Waals surface area contributed by atoms with Crippen LogP contribution in [-0.4, -0.2) is 17.6 Å². The standard InChI is InChI=1S/C8H9BrClN3O/c1-2-11-8(14)13-5-3-6(10)7(9)12-4-5/h3-4H,2H2,1H3,(H2,11,13,14). The van der Waals surface area contributed by atoms with Gasteiger partial charge in [-0.3, -0.25) is 0 Å². The molecule has 0 spiro atoms. The van der Waals surface area contributed by atoms with E-state index in [-0.39, 0.29) is 6.03 Å². The molecule has 4 nitrogen and oxygen atoms in total. The van der Waals surface area contributed by atoms with E-state index in [0.717, 1.165) is 0 Å². The second kappa shape index (κ2) is 5.17. The summed E-state index contributed by atoms with van der Waals surface area (Å²) in [5.74, 6) is 0. The zero-order valence-corrected chi connectivity index (χ0v) is 9.82. The Morgan fingerprint density at radius 1 is 1.71 bits per heavy atom. The smallest absolute Gasteiger partial charge is 0.319 e. The molecule has 0 radical (unpaired) electrons. The largest absolute Gasteiger partial charge is 0.338 e. The predicted molar refractivity (Wildman–Crippen MR) is 59.6 cm³/mol. The lowest BCUT2D eigenvalue weighted by Gasteiger charge is -2.05. The van der Waals surface area contributed by atoms with Gasteiger partial charge < -0.3 is 10.6 Å². The first kappa shape index (κ1) is 11.3. The molecule has 0 saturated heterocycles. The van der Waals surface area contributed by atoms with E-state index in [4.69, 9.17) is 11.6 Å². The minimum Gasteiger partial charge on any atom is -0.338 e. The van der Waals surface area contributed by atoms with E-state index in [1.165, 1.54) is 6.20 Å². The van der Waals surface area contributed by atoms with E-state index in [1.54, 1.807) is 6.07 Å². The van der Waals surface area contributed by atoms with Crippen molar-refractivity contribution in [3.05, 3.63) is 21.9 Å². The third kappa shape index (κ3) is 3.16. The van der Waals surface area contributed by atoms with Crippen LogP contribution in [0.1, 0.15) is 6.92 Å². The molecule has 2 amide bonds. The van der Waals surface area contributed by atoms with Crippen molar-refractivity contribution in [1.29, 1.82) is 0 Å². The number of rotatable bonds is 2. The normalized spacial score (nSPS) is 9.64. The van der Waals surface area contributed by atoms with Gasteiger partial charge in [0.05, 0.1) is 16.9 Å². The molecule has 0 saturated carbocycles. The van der Waals surface area contributed by atoms with Crippen molar-refractivity contribution in [2.45, 2.75) is 6.92 Å². The first-order chi connectivity index (χ1) is 6.63. The molecule has 1 rings (SSSR count). The zero-order valence-electron chi connectivity index (χ0n) is 7.47. The summed E-state index contributed by atoms with van der Waals surface area (Å²) in [6.45, 7) is 2.41. The van der Waals surface area contributed by atoms with Crippen molar-refractivity contribution in [1.82, 2.24) is 10.3 Å². The minimum atomic E-state index is -0.271. The summed E-state index contributed by atoms with van der Waals surface area (Å²) in [4.78, 5) is 15.0. The van der Waals surface area contributed by atoms with Gasteiger partial charge in [0.2, 0.25) is 0 Å². The molecular formula is C8H9BrClN3O. The molecule has 1 heterocycles. The van der Waals surface area contributed by atoms with Gasteiger partial charge in [-0.2, -0.15) is 0 Å². The first-order valence-electron chi connectivity index (χ1n) is 3.99. The van der Waals surface area contributed by atoms with Crippen molar-refractivity contribution in [2.75, 3.05) is 11.9 Å². The van der Waals surface area contributed by atoms with Crippen LogP contribution in [-0.2, 0) is 0 Å². The fraction of sp³-hybridized carbons (Fsp3) is 0.250. The van der Waals surface area contributed by atoms with E-state index in [9.17, 15) is 4.79 Å². The molecule has 0 aliphatic carbocycles. The van der Waals surface area contributed by atoms with Gasteiger partial charge in [0, 0.05) is 6.54 Å². The Bertz CT molecular complexity index is 345. The van der Waals surface area contributed by atoms with Gasteiger partial charge in [-0.05, 0) is 28.9 Å². The van der Waals surface area contributed by atoms with Crippen LogP contribution in [0.2, 0.25) is 5.02 Å². The number of carbonyl (C=O) groups excluding carboxylic acids is 1. The van der Waals surface area contributed by atoms with Gasteiger partial charge in [0.25, 0.3) is 0 Å². The molecule has 76 valence electrons. The van der Waals surface area contributed by atoms with Crippen molar-refractivity contribution in [3.63, 3.8) is 0 Å². The van der Waals surface area contributed by atoms with Crippen LogP contribution >= 0.6 is 27.5 Å². The van der Waals surface area contributed by atoms with E-state index in [2.05, 4.69) is 31.5 Å². The lowest BCUT2D eigenvalue weighted by Crippen LogP contribution is -2.28. The quantitative estimate of drug-likeness (QED) is 0.817. The summed E-state index contributed by atoms with van der Waals surface area (Å²) in [5, 5.41) is 5.65. The van der Waals surface area contributed by atoms with Crippen LogP contribution in [0, 0.1) is 0 Å². The summed E-state index contributed by atoms with van der Waals surface area (Å²) >= 11 is 8.95. The van der Waals surface area contributed by atoms with Gasteiger partial charge in [0.15, 0.2) is 0 Å². The van der Waals surface area contributed by atoms with Crippen LogP contribution in [0.5, 0.6) is 0 Å². The van der Waals surface area contributed by atoms with Crippen LogP contribution in [0.15, 0.2) is 16.9 Å². The van der Waals surface area contributed by atoms with E-state index >= 15 is 0 Å². The number of aromatic nitrogens is 1. The topological polar surface area (TPSA) is 54.0 Å². The number of hydrogen-bond donors (Lipinski definition) is 2. The molecule has 0 fully saturated rings. The number of nitrogens with zero attached hydrogens (tertiary/aromatic N) is 1. The van der Waals surface area contributed by atoms with Gasteiger partial charge >= 0.3 is 6.03 Å². The monoisotopic (exact) mass is 277 g/mol. The summed E-state index contributed by atoms with van der Waals surface area (Å²) in [7, 11) is 0. The lowest BCUT2D eigenvalue weighted by molar-refractivity contribution is 0.252. The van der Waals surface area contributed by atoms with Crippen LogP contribution in [0.4, 0.5) is 10.5 Å². The summed E-state index contributed by atoms with van der Waals surface area (Å²) in [5.41, 5.74) is 0.559. The molecule has 1 aromatic rings. The molecule has 6 heteroatoms. The molecule has 2 N–H and O–H groups in total. The van der Waals surface area contributed by atoms with E-state index in [0.29, 0.717) is 21.9 Å². The Hall–Kier alpha value is -0.810. The number of nitrogens with one attached hydrogen (secondary N) is 2. The van der Waals surface area contributed by atoms with Gasteiger partial charge in [0.1, 0.15) is 4.60 Å². The third-order valence-corrected chi connectivity index (χ3v) is 2.54. The van der Waals surface area contributed by atoms with Crippen molar-refractivity contribution in [3.8, 4) is 0 Å². The minimum absolute atomic E-state index is 0.271. The van der Waals surface area contributed by atoms with Gasteiger partial charge in [-0.25, -0.2) is 9.78 Å². The molecule has 0 atom stereocenters. The maximum Gasteiger partial charge on any atom is 0.319 e. The summed E-state index contributed by atoms with van der Waals surface area (Å²) in [6.07, 6.45) is 1.52. The SMILES string of the molecule is CCNC(=O)Nc1cnc(Br)c(Cl)c1. The van der Waals surface area contributed by atoms with Crippen molar-refractivity contribution < 1.29 is 4.79 Å². The highest BCUT2D eigenvalue weighted by molar-refractivity contribution is 9.10. The Morgan fingerprint density at radius 3 is 3.00 bits per heavy atom. The molecule has 0 aliphatic rings. The number of halogens is 2. The summed E-state index contributed by atoms with van der Waals surface area (Å²) in [6, 6.07) is 1.35. The molecular weight excluding hydrogens is 269 g/mol. The number of urea groups is 1. The second-order valence-corrected chi connectivity index (χ2v) is 3.64.